The molecule has 0 saturated carbocycles. The highest BCUT2D eigenvalue weighted by molar-refractivity contribution is 5.75. The third-order valence-corrected chi connectivity index (χ3v) is 5.81. The van der Waals surface area contributed by atoms with E-state index in [-0.39, 0.29) is 6.03 Å². The van der Waals surface area contributed by atoms with Crippen molar-refractivity contribution in [2.75, 3.05) is 26.7 Å². The molecule has 3 heterocycles. The molecular formula is C21H28N4O3. The molecule has 0 spiro atoms. The molecule has 0 bridgehead atoms. The zero-order valence-electron chi connectivity index (χ0n) is 16.6. The maximum absolute atomic E-state index is 12.4. The van der Waals surface area contributed by atoms with Gasteiger partial charge in [0.15, 0.2) is 5.76 Å². The molecular weight excluding hydrogens is 356 g/mol. The minimum Gasteiger partial charge on any atom is -0.497 e. The van der Waals surface area contributed by atoms with Crippen molar-refractivity contribution in [3.8, 4) is 17.0 Å². The van der Waals surface area contributed by atoms with Crippen molar-refractivity contribution < 1.29 is 14.1 Å². The van der Waals surface area contributed by atoms with Crippen LogP contribution in [0.25, 0.3) is 11.3 Å². The number of benzene rings is 1. The summed E-state index contributed by atoms with van der Waals surface area (Å²) in [5, 5.41) is 7.03. The second kappa shape index (κ2) is 8.22. The molecule has 4 rings (SSSR count). The number of amides is 2. The van der Waals surface area contributed by atoms with E-state index in [0.717, 1.165) is 36.6 Å². The molecule has 1 atom stereocenters. The first-order valence-electron chi connectivity index (χ1n) is 10.0. The highest BCUT2D eigenvalue weighted by Crippen LogP contribution is 2.25. The van der Waals surface area contributed by atoms with Crippen LogP contribution in [0.2, 0.25) is 0 Å². The molecule has 1 aromatic carbocycles. The smallest absolute Gasteiger partial charge is 0.317 e. The quantitative estimate of drug-likeness (QED) is 0.858. The van der Waals surface area contributed by atoms with Gasteiger partial charge >= 0.3 is 6.03 Å². The average molecular weight is 384 g/mol. The molecule has 1 aromatic heterocycles. The molecule has 2 amide bonds. The largest absolute Gasteiger partial charge is 0.497 e. The first-order chi connectivity index (χ1) is 13.6. The van der Waals surface area contributed by atoms with E-state index < -0.39 is 0 Å². The fraction of sp³-hybridized carbons (Fsp3) is 0.524. The molecule has 7 heteroatoms. The number of nitrogens with zero attached hydrogens (tertiary/aromatic N) is 3. The number of rotatable bonds is 5. The van der Waals surface area contributed by atoms with E-state index in [1.807, 2.05) is 35.2 Å². The number of ether oxygens (including phenoxy) is 1. The van der Waals surface area contributed by atoms with Gasteiger partial charge in [-0.15, -0.1) is 0 Å². The predicted molar refractivity (Wildman–Crippen MR) is 106 cm³/mol. The Kier molecular flexibility index (Phi) is 5.52. The third kappa shape index (κ3) is 3.99. The number of nitrogens with one attached hydrogen (secondary N) is 1. The number of piperidine rings is 1. The van der Waals surface area contributed by atoms with Crippen molar-refractivity contribution >= 4 is 6.03 Å². The summed E-state index contributed by atoms with van der Waals surface area (Å²) in [5.74, 6) is 1.40. The Labute approximate surface area is 165 Å². The van der Waals surface area contributed by atoms with Crippen LogP contribution in [-0.4, -0.2) is 59.8 Å². The summed E-state index contributed by atoms with van der Waals surface area (Å²) < 4.78 is 10.6. The Hall–Kier alpha value is -2.54. The van der Waals surface area contributed by atoms with E-state index >= 15 is 0 Å². The lowest BCUT2D eigenvalue weighted by molar-refractivity contribution is 0.0168. The first-order valence-corrected chi connectivity index (χ1v) is 10.0. The van der Waals surface area contributed by atoms with Gasteiger partial charge in [-0.05, 0) is 38.4 Å². The number of hydrogen-bond donors (Lipinski definition) is 1. The van der Waals surface area contributed by atoms with Crippen molar-refractivity contribution in [3.05, 3.63) is 36.1 Å². The highest BCUT2D eigenvalue weighted by atomic mass is 16.5. The van der Waals surface area contributed by atoms with Gasteiger partial charge in [0.1, 0.15) is 11.4 Å². The van der Waals surface area contributed by atoms with Gasteiger partial charge in [0, 0.05) is 36.8 Å². The van der Waals surface area contributed by atoms with E-state index in [2.05, 4.69) is 22.3 Å². The third-order valence-electron chi connectivity index (χ3n) is 5.81. The van der Waals surface area contributed by atoms with E-state index in [0.29, 0.717) is 24.4 Å². The zero-order valence-corrected chi connectivity index (χ0v) is 16.6. The van der Waals surface area contributed by atoms with Crippen LogP contribution in [0.5, 0.6) is 5.75 Å². The van der Waals surface area contributed by atoms with Gasteiger partial charge in [-0.2, -0.15) is 0 Å². The van der Waals surface area contributed by atoms with Crippen LogP contribution in [0.3, 0.4) is 0 Å². The summed E-state index contributed by atoms with van der Waals surface area (Å²) in [5.41, 5.74) is 1.65. The van der Waals surface area contributed by atoms with Gasteiger partial charge < -0.3 is 19.5 Å². The van der Waals surface area contributed by atoms with Gasteiger partial charge in [-0.25, -0.2) is 4.79 Å². The van der Waals surface area contributed by atoms with Crippen LogP contribution in [0, 0.1) is 0 Å². The molecule has 0 radical (unpaired) electrons. The molecule has 2 aliphatic rings. The van der Waals surface area contributed by atoms with Crippen LogP contribution in [0.15, 0.2) is 34.9 Å². The number of hydrogen-bond acceptors (Lipinski definition) is 5. The van der Waals surface area contributed by atoms with Crippen LogP contribution < -0.4 is 10.1 Å². The topological polar surface area (TPSA) is 70.8 Å². The summed E-state index contributed by atoms with van der Waals surface area (Å²) in [6.07, 6.45) is 3.86. The Morgan fingerprint density at radius 2 is 2.18 bits per heavy atom. The maximum atomic E-state index is 12.4. The molecule has 7 nitrogen and oxygen atoms in total. The maximum Gasteiger partial charge on any atom is 0.317 e. The van der Waals surface area contributed by atoms with Gasteiger partial charge in [0.25, 0.3) is 0 Å². The molecule has 28 heavy (non-hydrogen) atoms. The van der Waals surface area contributed by atoms with E-state index in [4.69, 9.17) is 9.26 Å². The summed E-state index contributed by atoms with van der Waals surface area (Å²) in [6.45, 7) is 5.40. The van der Waals surface area contributed by atoms with Crippen molar-refractivity contribution in [1.82, 2.24) is 20.3 Å². The van der Waals surface area contributed by atoms with Crippen LogP contribution in [0.1, 0.15) is 31.9 Å². The SMILES string of the molecule is COc1cccc(-c2cc(CNC(=O)N3CC(N4CCCC[C@@H]4C)C3)on2)c1. The lowest BCUT2D eigenvalue weighted by atomic mass is 9.98. The van der Waals surface area contributed by atoms with Crippen molar-refractivity contribution in [2.24, 2.45) is 0 Å². The number of carbonyl (C=O) groups is 1. The first kappa shape index (κ1) is 18.8. The number of aromatic nitrogens is 1. The number of likely N-dealkylation sites (tertiary alicyclic amines) is 2. The molecule has 0 aliphatic carbocycles. The zero-order chi connectivity index (χ0) is 19.5. The second-order valence-corrected chi connectivity index (χ2v) is 7.71. The van der Waals surface area contributed by atoms with Crippen molar-refractivity contribution in [2.45, 2.75) is 44.8 Å². The Bertz CT molecular complexity index is 815. The number of urea groups is 1. The molecule has 2 fully saturated rings. The molecule has 0 unspecified atom stereocenters. The summed E-state index contributed by atoms with van der Waals surface area (Å²) in [6, 6.07) is 10.6. The van der Waals surface area contributed by atoms with Crippen LogP contribution >= 0.6 is 0 Å². The fourth-order valence-electron chi connectivity index (χ4n) is 4.08. The van der Waals surface area contributed by atoms with Gasteiger partial charge in [-0.1, -0.05) is 23.7 Å². The Balaban J connectivity index is 1.26. The van der Waals surface area contributed by atoms with Crippen molar-refractivity contribution in [3.63, 3.8) is 0 Å². The van der Waals surface area contributed by atoms with Crippen LogP contribution in [0.4, 0.5) is 4.79 Å². The van der Waals surface area contributed by atoms with Gasteiger partial charge in [-0.3, -0.25) is 4.90 Å². The standard InChI is InChI=1S/C21H28N4O3/c1-15-6-3-4-9-25(15)17-13-24(14-17)21(26)22-12-19-11-20(23-28-19)16-7-5-8-18(10-16)27-2/h5,7-8,10-11,15,17H,3-4,6,9,12-14H2,1-2H3,(H,22,26)/t15-/m0/s1. The van der Waals surface area contributed by atoms with Gasteiger partial charge in [0.05, 0.1) is 13.7 Å². The molecule has 2 saturated heterocycles. The van der Waals surface area contributed by atoms with E-state index in [1.165, 1.54) is 19.3 Å². The minimum atomic E-state index is -0.0414. The van der Waals surface area contributed by atoms with Crippen LogP contribution in [-0.2, 0) is 6.54 Å². The second-order valence-electron chi connectivity index (χ2n) is 7.71. The summed E-state index contributed by atoms with van der Waals surface area (Å²) >= 11 is 0. The van der Waals surface area contributed by atoms with Gasteiger partial charge in [0.2, 0.25) is 0 Å². The summed E-state index contributed by atoms with van der Waals surface area (Å²) in [4.78, 5) is 16.8. The van der Waals surface area contributed by atoms with E-state index in [9.17, 15) is 4.79 Å². The minimum absolute atomic E-state index is 0.0414. The number of carbonyl (C=O) groups excluding carboxylic acids is 1. The molecule has 150 valence electrons. The average Bonchev–Trinajstić information content (AvgIpc) is 3.16. The number of methoxy groups -OCH3 is 1. The Morgan fingerprint density at radius 3 is 2.96 bits per heavy atom. The Morgan fingerprint density at radius 1 is 1.32 bits per heavy atom. The van der Waals surface area contributed by atoms with Crippen molar-refractivity contribution in [1.29, 1.82) is 0 Å². The summed E-state index contributed by atoms with van der Waals surface area (Å²) in [7, 11) is 1.63. The monoisotopic (exact) mass is 384 g/mol. The predicted octanol–water partition coefficient (Wildman–Crippen LogP) is 3.12. The normalized spacial score (nSPS) is 20.6. The highest BCUT2D eigenvalue weighted by Gasteiger charge is 2.37. The molecule has 2 aliphatic heterocycles. The lowest BCUT2D eigenvalue weighted by Gasteiger charge is -2.49. The lowest BCUT2D eigenvalue weighted by Crippen LogP contribution is -2.64. The molecule has 2 aromatic rings. The van der Waals surface area contributed by atoms with E-state index in [1.54, 1.807) is 7.11 Å². The fourth-order valence-corrected chi connectivity index (χ4v) is 4.08. The molecule has 1 N–H and O–H groups in total.